The van der Waals surface area contributed by atoms with Crippen molar-refractivity contribution in [2.45, 2.75) is 51.2 Å². The van der Waals surface area contributed by atoms with Crippen molar-refractivity contribution in [3.05, 3.63) is 38.3 Å². The fourth-order valence-electron chi connectivity index (χ4n) is 4.05. The van der Waals surface area contributed by atoms with Gasteiger partial charge in [-0.2, -0.15) is 5.10 Å². The highest BCUT2D eigenvalue weighted by Crippen LogP contribution is 2.48. The van der Waals surface area contributed by atoms with Gasteiger partial charge >= 0.3 is 0 Å². The Morgan fingerprint density at radius 3 is 2.72 bits per heavy atom. The molecule has 2 aromatic heterocycles. The van der Waals surface area contributed by atoms with E-state index in [1.54, 1.807) is 11.6 Å². The Morgan fingerprint density at radius 1 is 1.24 bits per heavy atom. The molecule has 5 nitrogen and oxygen atoms in total. The molecule has 0 spiro atoms. The Balaban J connectivity index is 1.81. The average Bonchev–Trinajstić information content (AvgIpc) is 3.49. The van der Waals surface area contributed by atoms with Gasteiger partial charge < -0.3 is 10.5 Å². The second-order valence-electron chi connectivity index (χ2n) is 7.86. The van der Waals surface area contributed by atoms with Crippen LogP contribution in [0, 0.1) is 12.7 Å². The second kappa shape index (κ2) is 7.32. The summed E-state index contributed by atoms with van der Waals surface area (Å²) < 4.78 is 24.1. The Bertz CT molecular complexity index is 1120. The first kappa shape index (κ1) is 19.5. The first-order chi connectivity index (χ1) is 14.0. The molecule has 3 heterocycles. The molecular weight excluding hydrogens is 503 g/mol. The molecule has 0 amide bonds. The molecule has 29 heavy (non-hydrogen) atoms. The van der Waals surface area contributed by atoms with E-state index in [0.29, 0.717) is 29.3 Å². The van der Waals surface area contributed by atoms with Gasteiger partial charge in [-0.15, -0.1) is 0 Å². The van der Waals surface area contributed by atoms with Gasteiger partial charge in [-0.1, -0.05) is 0 Å². The summed E-state index contributed by atoms with van der Waals surface area (Å²) in [6, 6.07) is 1.53. The lowest BCUT2D eigenvalue weighted by Gasteiger charge is -2.23. The lowest BCUT2D eigenvalue weighted by atomic mass is 10.0. The Hall–Kier alpha value is -1.51. The maximum absolute atomic E-state index is 14.6. The number of aromatic nitrogens is 3. The summed E-state index contributed by atoms with van der Waals surface area (Å²) in [4.78, 5) is 4.61. The third-order valence-corrected chi connectivity index (χ3v) is 7.28. The standard InChI is InChI=1S/C21H21Br2FN4O/c1-10-13(24)8-14-17(19(10)25)21(27-28(14)15-4-2-3-7-29-15)16-12(22)9-26-20(18(16)23)11-5-6-11/h8-9,11,15H,2-7,25H2,1H3. The van der Waals surface area contributed by atoms with Gasteiger partial charge in [0.05, 0.1) is 16.6 Å². The Kier molecular flexibility index (Phi) is 4.91. The molecule has 2 aliphatic rings. The van der Waals surface area contributed by atoms with Crippen LogP contribution in [-0.4, -0.2) is 21.4 Å². The number of pyridine rings is 1. The summed E-state index contributed by atoms with van der Waals surface area (Å²) in [5.74, 6) is 0.146. The van der Waals surface area contributed by atoms with E-state index in [9.17, 15) is 4.39 Å². The van der Waals surface area contributed by atoms with Gasteiger partial charge in [0.1, 0.15) is 11.5 Å². The van der Waals surface area contributed by atoms with E-state index in [2.05, 4.69) is 36.8 Å². The number of anilines is 1. The molecule has 1 aromatic carbocycles. The predicted octanol–water partition coefficient (Wildman–Crippen LogP) is 6.23. The third kappa shape index (κ3) is 3.20. The smallest absolute Gasteiger partial charge is 0.150 e. The number of rotatable bonds is 3. The van der Waals surface area contributed by atoms with Crippen molar-refractivity contribution in [1.29, 1.82) is 0 Å². The van der Waals surface area contributed by atoms with Gasteiger partial charge in [0, 0.05) is 50.5 Å². The molecule has 152 valence electrons. The average molecular weight is 524 g/mol. The maximum Gasteiger partial charge on any atom is 0.150 e. The molecule has 2 fully saturated rings. The fraction of sp³-hybridized carbons (Fsp3) is 0.429. The molecule has 0 radical (unpaired) electrons. The van der Waals surface area contributed by atoms with Crippen molar-refractivity contribution in [3.8, 4) is 11.3 Å². The largest absolute Gasteiger partial charge is 0.398 e. The molecule has 1 saturated carbocycles. The van der Waals surface area contributed by atoms with Crippen LogP contribution in [0.3, 0.4) is 0 Å². The maximum atomic E-state index is 14.6. The summed E-state index contributed by atoms with van der Waals surface area (Å²) in [7, 11) is 0. The van der Waals surface area contributed by atoms with Crippen molar-refractivity contribution in [2.75, 3.05) is 12.3 Å². The molecule has 2 N–H and O–H groups in total. The topological polar surface area (TPSA) is 66.0 Å². The molecule has 1 atom stereocenters. The minimum atomic E-state index is -0.329. The van der Waals surface area contributed by atoms with Crippen molar-refractivity contribution in [1.82, 2.24) is 14.8 Å². The lowest BCUT2D eigenvalue weighted by Crippen LogP contribution is -2.19. The van der Waals surface area contributed by atoms with Crippen LogP contribution in [0.1, 0.15) is 55.5 Å². The van der Waals surface area contributed by atoms with Gasteiger partial charge in [-0.05, 0) is 70.9 Å². The Morgan fingerprint density at radius 2 is 2.03 bits per heavy atom. The first-order valence-corrected chi connectivity index (χ1v) is 11.5. The molecule has 3 aromatic rings. The minimum Gasteiger partial charge on any atom is -0.398 e. The van der Waals surface area contributed by atoms with E-state index < -0.39 is 0 Å². The van der Waals surface area contributed by atoms with Crippen LogP contribution in [0.5, 0.6) is 0 Å². The highest BCUT2D eigenvalue weighted by atomic mass is 79.9. The van der Waals surface area contributed by atoms with Crippen LogP contribution in [0.4, 0.5) is 10.1 Å². The van der Waals surface area contributed by atoms with Gasteiger partial charge in [-0.3, -0.25) is 4.98 Å². The predicted molar refractivity (Wildman–Crippen MR) is 118 cm³/mol. The van der Waals surface area contributed by atoms with E-state index >= 15 is 0 Å². The number of benzene rings is 1. The normalized spacial score (nSPS) is 19.8. The zero-order valence-corrected chi connectivity index (χ0v) is 19.2. The van der Waals surface area contributed by atoms with Gasteiger partial charge in [-0.25, -0.2) is 9.07 Å². The molecule has 1 aliphatic carbocycles. The Labute approximate surface area is 185 Å². The number of ether oxygens (including phenoxy) is 1. The number of nitrogens with two attached hydrogens (primary N) is 1. The number of hydrogen-bond acceptors (Lipinski definition) is 4. The van der Waals surface area contributed by atoms with Crippen LogP contribution in [0.2, 0.25) is 0 Å². The second-order valence-corrected chi connectivity index (χ2v) is 9.51. The summed E-state index contributed by atoms with van der Waals surface area (Å²) in [6.45, 7) is 2.38. The number of hydrogen-bond donors (Lipinski definition) is 1. The van der Waals surface area contributed by atoms with E-state index in [0.717, 1.165) is 63.4 Å². The number of halogens is 3. The highest BCUT2D eigenvalue weighted by molar-refractivity contribution is 9.11. The van der Waals surface area contributed by atoms with Crippen molar-refractivity contribution >= 4 is 48.5 Å². The monoisotopic (exact) mass is 522 g/mol. The van der Waals surface area contributed by atoms with Crippen molar-refractivity contribution in [2.24, 2.45) is 0 Å². The summed E-state index contributed by atoms with van der Waals surface area (Å²) in [5.41, 5.74) is 10.6. The minimum absolute atomic E-state index is 0.219. The number of nitrogens with zero attached hydrogens (tertiary/aromatic N) is 3. The molecule has 5 rings (SSSR count). The van der Waals surface area contributed by atoms with Crippen LogP contribution >= 0.6 is 31.9 Å². The van der Waals surface area contributed by atoms with Gasteiger partial charge in [0.25, 0.3) is 0 Å². The summed E-state index contributed by atoms with van der Waals surface area (Å²) in [6.07, 6.45) is 6.82. The fourth-order valence-corrected chi connectivity index (χ4v) is 5.63. The molecular formula is C21H21Br2FN4O. The summed E-state index contributed by atoms with van der Waals surface area (Å²) in [5, 5.41) is 5.68. The van der Waals surface area contributed by atoms with Crippen LogP contribution in [0.15, 0.2) is 21.2 Å². The van der Waals surface area contributed by atoms with Crippen LogP contribution in [-0.2, 0) is 4.74 Å². The molecule has 1 unspecified atom stereocenters. The molecule has 1 aliphatic heterocycles. The molecule has 8 heteroatoms. The van der Waals surface area contributed by atoms with Gasteiger partial charge in [0.2, 0.25) is 0 Å². The van der Waals surface area contributed by atoms with E-state index in [-0.39, 0.29) is 12.0 Å². The zero-order chi connectivity index (χ0) is 20.3. The number of fused-ring (bicyclic) bond motifs is 1. The van der Waals surface area contributed by atoms with Crippen molar-refractivity contribution < 1.29 is 9.13 Å². The first-order valence-electron chi connectivity index (χ1n) is 9.90. The van der Waals surface area contributed by atoms with E-state index in [1.807, 2.05) is 6.20 Å². The van der Waals surface area contributed by atoms with Crippen LogP contribution < -0.4 is 5.73 Å². The molecule has 1 saturated heterocycles. The third-order valence-electron chi connectivity index (χ3n) is 5.87. The van der Waals surface area contributed by atoms with Crippen LogP contribution in [0.25, 0.3) is 22.2 Å². The SMILES string of the molecule is Cc1c(F)cc2c(c(-c3c(Br)cnc(C4CC4)c3Br)nn2C2CCCCO2)c1N. The highest BCUT2D eigenvalue weighted by Gasteiger charge is 2.31. The van der Waals surface area contributed by atoms with E-state index in [4.69, 9.17) is 15.6 Å². The zero-order valence-electron chi connectivity index (χ0n) is 16.0. The lowest BCUT2D eigenvalue weighted by molar-refractivity contribution is -0.0365. The quantitative estimate of drug-likeness (QED) is 0.413. The number of nitrogen functional groups attached to an aromatic ring is 1. The van der Waals surface area contributed by atoms with E-state index in [1.165, 1.54) is 6.07 Å². The van der Waals surface area contributed by atoms with Crippen molar-refractivity contribution in [3.63, 3.8) is 0 Å². The summed E-state index contributed by atoms with van der Waals surface area (Å²) >= 11 is 7.42. The van der Waals surface area contributed by atoms with Gasteiger partial charge in [0.15, 0.2) is 6.23 Å². The molecule has 0 bridgehead atoms.